The van der Waals surface area contributed by atoms with Crippen LogP contribution in [0.25, 0.3) is 5.65 Å². The average molecular weight is 479 g/mol. The maximum absolute atomic E-state index is 13.0. The van der Waals surface area contributed by atoms with Gasteiger partial charge in [0.25, 0.3) is 5.91 Å². The largest absolute Gasteiger partial charge is 0.490 e. The second-order valence-electron chi connectivity index (χ2n) is 8.34. The van der Waals surface area contributed by atoms with Gasteiger partial charge in [-0.25, -0.2) is 9.97 Å². The van der Waals surface area contributed by atoms with Crippen LogP contribution in [-0.2, 0) is 6.18 Å². The van der Waals surface area contributed by atoms with Gasteiger partial charge in [-0.15, -0.1) is 0 Å². The zero-order chi connectivity index (χ0) is 24.9. The number of ether oxygens (including phenoxy) is 1. The van der Waals surface area contributed by atoms with E-state index in [2.05, 4.69) is 10.3 Å². The van der Waals surface area contributed by atoms with Crippen LogP contribution in [0.15, 0.2) is 36.7 Å². The molecular formula is C24H29F3N4O3. The van der Waals surface area contributed by atoms with Gasteiger partial charge >= 0.3 is 6.18 Å². The third kappa shape index (κ3) is 6.05. The quantitative estimate of drug-likeness (QED) is 0.510. The molecule has 1 saturated carbocycles. The molecule has 3 heterocycles. The summed E-state index contributed by atoms with van der Waals surface area (Å²) in [4.78, 5) is 21.2. The third-order valence-electron chi connectivity index (χ3n) is 5.49. The lowest BCUT2D eigenvalue weighted by Gasteiger charge is -2.19. The Morgan fingerprint density at radius 1 is 1.15 bits per heavy atom. The molecule has 1 amide bonds. The van der Waals surface area contributed by atoms with Crippen LogP contribution in [0.2, 0.25) is 0 Å². The number of carbonyl (C=O) groups is 1. The van der Waals surface area contributed by atoms with Crippen LogP contribution < -0.4 is 10.1 Å². The van der Waals surface area contributed by atoms with Gasteiger partial charge in [0.1, 0.15) is 22.9 Å². The van der Waals surface area contributed by atoms with E-state index in [9.17, 15) is 18.0 Å². The number of halogens is 3. The maximum atomic E-state index is 13.0. The molecule has 3 aromatic rings. The van der Waals surface area contributed by atoms with Crippen LogP contribution in [0.4, 0.5) is 19.0 Å². The number of carbonyl (C=O) groups excluding carboxylic acids is 1. The molecule has 0 radical (unpaired) electrons. The van der Waals surface area contributed by atoms with Crippen molar-refractivity contribution in [3.63, 3.8) is 0 Å². The van der Waals surface area contributed by atoms with E-state index < -0.39 is 17.8 Å². The fourth-order valence-corrected chi connectivity index (χ4v) is 4.00. The predicted octanol–water partition coefficient (Wildman–Crippen LogP) is 5.44. The van der Waals surface area contributed by atoms with Crippen LogP contribution >= 0.6 is 0 Å². The van der Waals surface area contributed by atoms with Gasteiger partial charge in [-0.1, -0.05) is 25.3 Å². The smallest absolute Gasteiger partial charge is 0.433 e. The number of imidazole rings is 1. The van der Waals surface area contributed by atoms with Crippen molar-refractivity contribution in [1.29, 1.82) is 0 Å². The van der Waals surface area contributed by atoms with E-state index in [-0.39, 0.29) is 17.5 Å². The van der Waals surface area contributed by atoms with Crippen molar-refractivity contribution in [1.82, 2.24) is 14.4 Å². The number of nitrogens with zero attached hydrogens (tertiary/aromatic N) is 3. The van der Waals surface area contributed by atoms with Crippen molar-refractivity contribution in [2.75, 3.05) is 12.4 Å². The van der Waals surface area contributed by atoms with Gasteiger partial charge < -0.3 is 19.6 Å². The second kappa shape index (κ2) is 10.9. The van der Waals surface area contributed by atoms with Gasteiger partial charge in [0.15, 0.2) is 0 Å². The number of fused-ring (bicyclic) bond motifs is 1. The van der Waals surface area contributed by atoms with Crippen molar-refractivity contribution in [3.8, 4) is 5.75 Å². The normalized spacial score (nSPS) is 14.6. The molecule has 4 rings (SSSR count). The molecule has 0 atom stereocenters. The average Bonchev–Trinajstić information content (AvgIpc) is 3.23. The Morgan fingerprint density at radius 2 is 1.85 bits per heavy atom. The number of anilines is 1. The van der Waals surface area contributed by atoms with Gasteiger partial charge in [-0.05, 0) is 38.8 Å². The fraction of sp³-hybridized carbons (Fsp3) is 0.458. The molecule has 184 valence electrons. The molecule has 1 fully saturated rings. The summed E-state index contributed by atoms with van der Waals surface area (Å²) >= 11 is 0. The van der Waals surface area contributed by atoms with Crippen molar-refractivity contribution >= 4 is 17.4 Å². The molecule has 10 heteroatoms. The lowest BCUT2D eigenvalue weighted by molar-refractivity contribution is -0.141. The summed E-state index contributed by atoms with van der Waals surface area (Å²) in [7, 11) is 1.00. The predicted molar refractivity (Wildman–Crippen MR) is 122 cm³/mol. The highest BCUT2D eigenvalue weighted by Gasteiger charge is 2.32. The Labute approximate surface area is 196 Å². The first-order valence-electron chi connectivity index (χ1n) is 11.2. The Bertz CT molecular complexity index is 1120. The van der Waals surface area contributed by atoms with E-state index in [0.29, 0.717) is 17.3 Å². The first-order valence-corrected chi connectivity index (χ1v) is 11.2. The zero-order valence-electron chi connectivity index (χ0n) is 19.4. The molecule has 0 spiro atoms. The summed E-state index contributed by atoms with van der Waals surface area (Å²) in [6, 6.07) is 5.06. The standard InChI is InChI=1S/C23H25F3N4O2.CH4O/c1-14(2)32-18-11-21-27-17(15-7-4-3-5-8-15)13-30(21)12-16(18)22(31)29-20-10-6-9-19(28-20)23(24,25)26;1-2/h6,9-15H,3-5,7-8H2,1-2H3,(H,28,29,31);2H,1H3. The summed E-state index contributed by atoms with van der Waals surface area (Å²) in [6.45, 7) is 3.67. The summed E-state index contributed by atoms with van der Waals surface area (Å²) in [5.74, 6) is -0.0845. The molecule has 3 aromatic heterocycles. The van der Waals surface area contributed by atoms with Crippen LogP contribution in [0.5, 0.6) is 5.75 Å². The minimum atomic E-state index is -4.60. The van der Waals surface area contributed by atoms with E-state index in [4.69, 9.17) is 14.8 Å². The van der Waals surface area contributed by atoms with E-state index in [0.717, 1.165) is 31.7 Å². The number of nitrogens with one attached hydrogen (secondary N) is 1. The SMILES string of the molecule is CC(C)Oc1cc2nc(C3CCCCC3)cn2cc1C(=O)Nc1cccc(C(F)(F)F)n1.CO. The molecule has 7 nitrogen and oxygen atoms in total. The number of hydrogen-bond acceptors (Lipinski definition) is 5. The number of alkyl halides is 3. The van der Waals surface area contributed by atoms with Crippen molar-refractivity contribution in [2.24, 2.45) is 0 Å². The molecule has 0 aromatic carbocycles. The van der Waals surface area contributed by atoms with E-state index in [1.165, 1.54) is 31.4 Å². The summed E-state index contributed by atoms with van der Waals surface area (Å²) < 4.78 is 46.5. The number of aliphatic hydroxyl groups excluding tert-OH is 1. The lowest BCUT2D eigenvalue weighted by Crippen LogP contribution is -2.18. The first kappa shape index (κ1) is 25.5. The van der Waals surface area contributed by atoms with Gasteiger partial charge in [0.2, 0.25) is 0 Å². The molecule has 34 heavy (non-hydrogen) atoms. The van der Waals surface area contributed by atoms with Crippen LogP contribution in [0.1, 0.15) is 73.6 Å². The third-order valence-corrected chi connectivity index (χ3v) is 5.49. The molecule has 0 aliphatic heterocycles. The zero-order valence-corrected chi connectivity index (χ0v) is 19.4. The van der Waals surface area contributed by atoms with Crippen molar-refractivity contribution in [2.45, 2.75) is 64.1 Å². The van der Waals surface area contributed by atoms with Crippen LogP contribution in [-0.4, -0.2) is 38.6 Å². The molecular weight excluding hydrogens is 449 g/mol. The van der Waals surface area contributed by atoms with E-state index in [1.54, 1.807) is 16.7 Å². The minimum Gasteiger partial charge on any atom is -0.490 e. The maximum Gasteiger partial charge on any atom is 0.433 e. The topological polar surface area (TPSA) is 88.8 Å². The highest BCUT2D eigenvalue weighted by Crippen LogP contribution is 2.33. The summed E-state index contributed by atoms with van der Waals surface area (Å²) in [5, 5.41) is 9.46. The molecule has 2 N–H and O–H groups in total. The number of aromatic nitrogens is 3. The summed E-state index contributed by atoms with van der Waals surface area (Å²) in [6.07, 6.45) is 4.50. The number of pyridine rings is 2. The molecule has 0 bridgehead atoms. The molecule has 1 aliphatic carbocycles. The molecule has 0 saturated heterocycles. The Hall–Kier alpha value is -3.14. The lowest BCUT2D eigenvalue weighted by atomic mass is 9.87. The molecule has 1 aliphatic rings. The van der Waals surface area contributed by atoms with Gasteiger partial charge in [0, 0.05) is 31.5 Å². The first-order chi connectivity index (χ1) is 16.2. The number of amides is 1. The minimum absolute atomic E-state index is 0.186. The molecule has 0 unspecified atom stereocenters. The van der Waals surface area contributed by atoms with Gasteiger partial charge in [-0.3, -0.25) is 4.79 Å². The van der Waals surface area contributed by atoms with Gasteiger partial charge in [0.05, 0.1) is 17.4 Å². The fourth-order valence-electron chi connectivity index (χ4n) is 4.00. The Kier molecular flexibility index (Phi) is 8.14. The number of aliphatic hydroxyl groups is 1. The van der Waals surface area contributed by atoms with Gasteiger partial charge in [-0.2, -0.15) is 13.2 Å². The number of hydrogen-bond donors (Lipinski definition) is 2. The Balaban J connectivity index is 0.00000158. The van der Waals surface area contributed by atoms with Crippen LogP contribution in [0.3, 0.4) is 0 Å². The Morgan fingerprint density at radius 3 is 2.50 bits per heavy atom. The van der Waals surface area contributed by atoms with E-state index >= 15 is 0 Å². The van der Waals surface area contributed by atoms with Crippen molar-refractivity contribution in [3.05, 3.63) is 53.6 Å². The highest BCUT2D eigenvalue weighted by atomic mass is 19.4. The highest BCUT2D eigenvalue weighted by molar-refractivity contribution is 6.05. The second-order valence-corrected chi connectivity index (χ2v) is 8.34. The van der Waals surface area contributed by atoms with Crippen molar-refractivity contribution < 1.29 is 27.8 Å². The van der Waals surface area contributed by atoms with E-state index in [1.807, 2.05) is 20.0 Å². The number of rotatable bonds is 5. The van der Waals surface area contributed by atoms with Crippen LogP contribution in [0, 0.1) is 0 Å². The summed E-state index contributed by atoms with van der Waals surface area (Å²) in [5.41, 5.74) is 0.765. The monoisotopic (exact) mass is 478 g/mol.